The molecule has 9 nitrogen and oxygen atoms in total. The SMILES string of the molecule is Cc1nn(C)c(NCc2ccc(CN3CCOCC3)o2)c1[N+](=O)[O-]. The Morgan fingerprint density at radius 1 is 1.33 bits per heavy atom. The van der Waals surface area contributed by atoms with Crippen molar-refractivity contribution >= 4 is 11.5 Å². The van der Waals surface area contributed by atoms with E-state index in [1.807, 2.05) is 12.1 Å². The molecule has 1 aliphatic rings. The van der Waals surface area contributed by atoms with Gasteiger partial charge in [0.2, 0.25) is 5.82 Å². The third-order valence-electron chi connectivity index (χ3n) is 4.00. The minimum atomic E-state index is -0.420. The van der Waals surface area contributed by atoms with Gasteiger partial charge in [-0.1, -0.05) is 0 Å². The number of hydrogen-bond donors (Lipinski definition) is 1. The van der Waals surface area contributed by atoms with Crippen molar-refractivity contribution in [3.63, 3.8) is 0 Å². The lowest BCUT2D eigenvalue weighted by atomic mass is 10.3. The molecule has 3 rings (SSSR count). The van der Waals surface area contributed by atoms with Crippen molar-refractivity contribution in [3.05, 3.63) is 39.5 Å². The van der Waals surface area contributed by atoms with E-state index in [-0.39, 0.29) is 5.69 Å². The highest BCUT2D eigenvalue weighted by molar-refractivity contribution is 5.59. The van der Waals surface area contributed by atoms with E-state index in [0.29, 0.717) is 18.1 Å². The second kappa shape index (κ2) is 7.02. The van der Waals surface area contributed by atoms with Gasteiger partial charge in [0, 0.05) is 20.1 Å². The minimum absolute atomic E-state index is 0.00223. The van der Waals surface area contributed by atoms with Gasteiger partial charge in [-0.25, -0.2) is 4.68 Å². The Kier molecular flexibility index (Phi) is 4.81. The van der Waals surface area contributed by atoms with Crippen molar-refractivity contribution in [1.82, 2.24) is 14.7 Å². The standard InChI is InChI=1S/C15H21N5O4/c1-11-14(20(21)22)15(18(2)17-11)16-9-12-3-4-13(24-12)10-19-5-7-23-8-6-19/h3-4,16H,5-10H2,1-2H3. The molecule has 0 aromatic carbocycles. The number of ether oxygens (including phenoxy) is 1. The molecule has 0 atom stereocenters. The Labute approximate surface area is 139 Å². The Morgan fingerprint density at radius 3 is 2.75 bits per heavy atom. The molecule has 0 unspecified atom stereocenters. The molecule has 1 fully saturated rings. The van der Waals surface area contributed by atoms with Crippen LogP contribution in [0.3, 0.4) is 0 Å². The van der Waals surface area contributed by atoms with Gasteiger partial charge < -0.3 is 14.5 Å². The maximum absolute atomic E-state index is 11.2. The monoisotopic (exact) mass is 335 g/mol. The van der Waals surface area contributed by atoms with Crippen molar-refractivity contribution in [3.8, 4) is 0 Å². The number of nitrogens with zero attached hydrogens (tertiary/aromatic N) is 4. The summed E-state index contributed by atoms with van der Waals surface area (Å²) < 4.78 is 12.6. The van der Waals surface area contributed by atoms with Crippen molar-refractivity contribution in [1.29, 1.82) is 0 Å². The Hall–Kier alpha value is -2.39. The fraction of sp³-hybridized carbons (Fsp3) is 0.533. The van der Waals surface area contributed by atoms with E-state index in [0.717, 1.165) is 44.4 Å². The van der Waals surface area contributed by atoms with Crippen molar-refractivity contribution in [2.75, 3.05) is 31.6 Å². The summed E-state index contributed by atoms with van der Waals surface area (Å²) in [5.41, 5.74) is 0.384. The first-order valence-electron chi connectivity index (χ1n) is 7.84. The largest absolute Gasteiger partial charge is 0.463 e. The van der Waals surface area contributed by atoms with Gasteiger partial charge in [0.25, 0.3) is 0 Å². The quantitative estimate of drug-likeness (QED) is 0.633. The van der Waals surface area contributed by atoms with Crippen molar-refractivity contribution < 1.29 is 14.1 Å². The highest BCUT2D eigenvalue weighted by atomic mass is 16.6. The topological polar surface area (TPSA) is 98.6 Å². The zero-order chi connectivity index (χ0) is 17.1. The molecule has 1 saturated heterocycles. The molecule has 0 amide bonds. The van der Waals surface area contributed by atoms with Crippen LogP contribution in [-0.4, -0.2) is 45.9 Å². The van der Waals surface area contributed by atoms with Gasteiger partial charge in [0.15, 0.2) is 0 Å². The summed E-state index contributed by atoms with van der Waals surface area (Å²) in [6, 6.07) is 3.83. The zero-order valence-corrected chi connectivity index (χ0v) is 13.8. The van der Waals surface area contributed by atoms with Gasteiger partial charge in [-0.15, -0.1) is 0 Å². The number of nitro groups is 1. The zero-order valence-electron chi connectivity index (χ0n) is 13.8. The lowest BCUT2D eigenvalue weighted by Crippen LogP contribution is -2.35. The minimum Gasteiger partial charge on any atom is -0.463 e. The average molecular weight is 335 g/mol. The maximum Gasteiger partial charge on any atom is 0.333 e. The average Bonchev–Trinajstić information content (AvgIpc) is 3.10. The number of nitrogens with one attached hydrogen (secondary N) is 1. The second-order valence-electron chi connectivity index (χ2n) is 5.77. The molecule has 1 N–H and O–H groups in total. The lowest BCUT2D eigenvalue weighted by Gasteiger charge is -2.25. The number of aromatic nitrogens is 2. The molecule has 1 aliphatic heterocycles. The molecule has 24 heavy (non-hydrogen) atoms. The van der Waals surface area contributed by atoms with Crippen molar-refractivity contribution in [2.45, 2.75) is 20.0 Å². The molecule has 9 heteroatoms. The van der Waals surface area contributed by atoms with Crippen LogP contribution in [0.1, 0.15) is 17.2 Å². The normalized spacial score (nSPS) is 15.6. The van der Waals surface area contributed by atoms with Gasteiger partial charge >= 0.3 is 5.69 Å². The Morgan fingerprint density at radius 2 is 2.04 bits per heavy atom. The Bertz CT molecular complexity index is 718. The fourth-order valence-corrected chi connectivity index (χ4v) is 2.82. The molecule has 0 radical (unpaired) electrons. The van der Waals surface area contributed by atoms with E-state index < -0.39 is 4.92 Å². The van der Waals surface area contributed by atoms with Crippen LogP contribution in [0.15, 0.2) is 16.5 Å². The smallest absolute Gasteiger partial charge is 0.333 e. The molecular weight excluding hydrogens is 314 g/mol. The lowest BCUT2D eigenvalue weighted by molar-refractivity contribution is -0.384. The summed E-state index contributed by atoms with van der Waals surface area (Å²) in [6.45, 7) is 6.02. The summed E-state index contributed by atoms with van der Waals surface area (Å²) in [7, 11) is 1.67. The summed E-state index contributed by atoms with van der Waals surface area (Å²) >= 11 is 0. The maximum atomic E-state index is 11.2. The predicted molar refractivity (Wildman–Crippen MR) is 86.7 cm³/mol. The third-order valence-corrected chi connectivity index (χ3v) is 4.00. The number of rotatable bonds is 6. The van der Waals surface area contributed by atoms with Crippen LogP contribution < -0.4 is 5.32 Å². The second-order valence-corrected chi connectivity index (χ2v) is 5.77. The number of aryl methyl sites for hydroxylation is 2. The fourth-order valence-electron chi connectivity index (χ4n) is 2.82. The number of furan rings is 1. The molecule has 3 heterocycles. The first-order chi connectivity index (χ1) is 11.5. The number of morpholine rings is 1. The van der Waals surface area contributed by atoms with Gasteiger partial charge in [-0.3, -0.25) is 15.0 Å². The molecule has 0 spiro atoms. The van der Waals surface area contributed by atoms with Gasteiger partial charge in [0.05, 0.1) is 31.2 Å². The van der Waals surface area contributed by atoms with Crippen LogP contribution in [0.5, 0.6) is 0 Å². The molecule has 0 aliphatic carbocycles. The molecule has 0 saturated carbocycles. The highest BCUT2D eigenvalue weighted by Crippen LogP contribution is 2.27. The molecule has 0 bridgehead atoms. The van der Waals surface area contributed by atoms with E-state index in [9.17, 15) is 10.1 Å². The van der Waals surface area contributed by atoms with Crippen molar-refractivity contribution in [2.24, 2.45) is 7.05 Å². The Balaban J connectivity index is 1.62. The van der Waals surface area contributed by atoms with E-state index in [2.05, 4.69) is 15.3 Å². The summed E-state index contributed by atoms with van der Waals surface area (Å²) in [4.78, 5) is 13.0. The number of anilines is 1. The van der Waals surface area contributed by atoms with Crippen LogP contribution >= 0.6 is 0 Å². The molecule has 2 aromatic rings. The van der Waals surface area contributed by atoms with Gasteiger partial charge in [-0.05, 0) is 19.1 Å². The van der Waals surface area contributed by atoms with Crippen LogP contribution in [0.2, 0.25) is 0 Å². The number of hydrogen-bond acceptors (Lipinski definition) is 7. The van der Waals surface area contributed by atoms with E-state index in [1.165, 1.54) is 4.68 Å². The van der Waals surface area contributed by atoms with Gasteiger partial charge in [0.1, 0.15) is 17.2 Å². The predicted octanol–water partition coefficient (Wildman–Crippen LogP) is 1.67. The van der Waals surface area contributed by atoms with E-state index in [4.69, 9.17) is 9.15 Å². The molecule has 130 valence electrons. The highest BCUT2D eigenvalue weighted by Gasteiger charge is 2.24. The molecule has 2 aromatic heterocycles. The summed E-state index contributed by atoms with van der Waals surface area (Å²) in [5, 5.41) is 18.3. The van der Waals surface area contributed by atoms with E-state index >= 15 is 0 Å². The first kappa shape index (κ1) is 16.5. The van der Waals surface area contributed by atoms with Crippen LogP contribution in [0.4, 0.5) is 11.5 Å². The van der Waals surface area contributed by atoms with E-state index in [1.54, 1.807) is 14.0 Å². The first-order valence-corrected chi connectivity index (χ1v) is 7.84. The van der Waals surface area contributed by atoms with Crippen LogP contribution in [0.25, 0.3) is 0 Å². The van der Waals surface area contributed by atoms with Gasteiger partial charge in [-0.2, -0.15) is 5.10 Å². The summed E-state index contributed by atoms with van der Waals surface area (Å²) in [6.07, 6.45) is 0. The molecular formula is C15H21N5O4. The van der Waals surface area contributed by atoms with Crippen LogP contribution in [-0.2, 0) is 24.9 Å². The summed E-state index contributed by atoms with van der Waals surface area (Å²) in [5.74, 6) is 1.99. The van der Waals surface area contributed by atoms with Crippen LogP contribution in [0, 0.1) is 17.0 Å². The third kappa shape index (κ3) is 3.57.